The van der Waals surface area contributed by atoms with E-state index in [1.54, 1.807) is 30.3 Å². The highest BCUT2D eigenvalue weighted by molar-refractivity contribution is 6.01. The number of hydrogen-bond donors (Lipinski definition) is 4. The van der Waals surface area contributed by atoms with Gasteiger partial charge in [-0.1, -0.05) is 6.42 Å². The van der Waals surface area contributed by atoms with Gasteiger partial charge < -0.3 is 30.4 Å². The summed E-state index contributed by atoms with van der Waals surface area (Å²) in [6.45, 7) is 0.240. The number of ether oxygens (including phenoxy) is 1. The second kappa shape index (κ2) is 9.88. The van der Waals surface area contributed by atoms with Crippen LogP contribution >= 0.6 is 0 Å². The number of nitrogens with one attached hydrogen (secondary N) is 3. The minimum Gasteiger partial charge on any atom is -0.496 e. The number of pyridine rings is 1. The lowest BCUT2D eigenvalue weighted by molar-refractivity contribution is -0.133. The number of hydrogen-bond acceptors (Lipinski definition) is 7. The molecule has 192 valence electrons. The molecular formula is C25H31N5O6. The first kappa shape index (κ1) is 24.2. The molecule has 2 aromatic rings. The summed E-state index contributed by atoms with van der Waals surface area (Å²) in [4.78, 5) is 60.7. The van der Waals surface area contributed by atoms with Gasteiger partial charge >= 0.3 is 0 Å². The minimum atomic E-state index is -0.990. The molecule has 0 bridgehead atoms. The van der Waals surface area contributed by atoms with Gasteiger partial charge in [-0.3, -0.25) is 19.2 Å². The van der Waals surface area contributed by atoms with Crippen LogP contribution in [0.3, 0.4) is 0 Å². The van der Waals surface area contributed by atoms with Crippen molar-refractivity contribution >= 4 is 34.5 Å². The lowest BCUT2D eigenvalue weighted by Crippen LogP contribution is -2.53. The molecule has 1 aliphatic carbocycles. The molecule has 5 atom stereocenters. The van der Waals surface area contributed by atoms with Gasteiger partial charge in [0.1, 0.15) is 29.7 Å². The van der Waals surface area contributed by atoms with Gasteiger partial charge in [0.2, 0.25) is 11.8 Å². The maximum atomic E-state index is 13.6. The molecule has 3 amide bonds. The van der Waals surface area contributed by atoms with Crippen LogP contribution in [0.15, 0.2) is 18.3 Å². The van der Waals surface area contributed by atoms with Crippen molar-refractivity contribution in [3.63, 3.8) is 0 Å². The minimum absolute atomic E-state index is 0.00866. The monoisotopic (exact) mass is 497 g/mol. The van der Waals surface area contributed by atoms with Gasteiger partial charge in [-0.05, 0) is 49.7 Å². The maximum absolute atomic E-state index is 13.6. The molecule has 2 aliphatic heterocycles. The molecule has 2 aromatic heterocycles. The smallest absolute Gasteiger partial charge is 0.271 e. The molecule has 11 nitrogen and oxygen atoms in total. The summed E-state index contributed by atoms with van der Waals surface area (Å²) >= 11 is 0. The Morgan fingerprint density at radius 3 is 2.86 bits per heavy atom. The quantitative estimate of drug-likeness (QED) is 0.411. The highest BCUT2D eigenvalue weighted by Crippen LogP contribution is 2.43. The summed E-state index contributed by atoms with van der Waals surface area (Å²) in [5.41, 5.74) is 0.826. The number of fused-ring (bicyclic) bond motifs is 2. The fourth-order valence-electron chi connectivity index (χ4n) is 6.09. The number of rotatable bonds is 8. The molecule has 1 saturated carbocycles. The average molecular weight is 498 g/mol. The van der Waals surface area contributed by atoms with Gasteiger partial charge in [0.15, 0.2) is 5.78 Å². The number of aliphatic hydroxyl groups excluding tert-OH is 1. The SMILES string of the molecule is COc1ccnc2[nH]c(C(=O)N3C[C@@H]4CCC[C@@H]4[C@H]3C(=O)N[C@@H](C[C@@H]3CCNC3=O)C(=O)CO)cc12. The molecule has 11 heteroatoms. The number of aliphatic hydroxyl groups is 1. The van der Waals surface area contributed by atoms with Crippen molar-refractivity contribution in [3.8, 4) is 5.75 Å². The number of carbonyl (C=O) groups is 4. The standard InChI is InChI=1S/C25H31N5O6/c1-36-20-6-8-26-22-16(20)10-18(28-22)25(35)30-11-14-3-2-4-15(14)21(30)24(34)29-17(19(32)12-31)9-13-5-7-27-23(13)33/h6,8,10,13-15,17,21,31H,2-5,7,9,11-12H2,1H3,(H,26,28)(H,27,33)(H,29,34)/t13-,14-,15-,17-,21-/m0/s1. The second-order valence-corrected chi connectivity index (χ2v) is 9.91. The Bertz CT molecular complexity index is 1190. The number of Topliss-reactive ketones (excluding diaryl/α,β-unsaturated/α-hetero) is 1. The Morgan fingerprint density at radius 1 is 1.31 bits per heavy atom. The summed E-state index contributed by atoms with van der Waals surface area (Å²) in [7, 11) is 1.55. The van der Waals surface area contributed by atoms with Crippen molar-refractivity contribution < 1.29 is 29.0 Å². The molecule has 0 radical (unpaired) electrons. The number of aromatic amines is 1. The fourth-order valence-corrected chi connectivity index (χ4v) is 6.09. The van der Waals surface area contributed by atoms with Crippen LogP contribution < -0.4 is 15.4 Å². The van der Waals surface area contributed by atoms with E-state index in [1.807, 2.05) is 0 Å². The van der Waals surface area contributed by atoms with E-state index >= 15 is 0 Å². The summed E-state index contributed by atoms with van der Waals surface area (Å²) in [6.07, 6.45) is 5.01. The molecular weight excluding hydrogens is 466 g/mol. The van der Waals surface area contributed by atoms with E-state index in [-0.39, 0.29) is 30.1 Å². The molecule has 5 rings (SSSR count). The zero-order chi connectivity index (χ0) is 25.4. The Labute approximate surface area is 208 Å². The second-order valence-electron chi connectivity index (χ2n) is 9.91. The molecule has 0 unspecified atom stereocenters. The van der Waals surface area contributed by atoms with Crippen LogP contribution in [0, 0.1) is 17.8 Å². The van der Waals surface area contributed by atoms with E-state index in [9.17, 15) is 24.3 Å². The van der Waals surface area contributed by atoms with Crippen LogP contribution in [0.4, 0.5) is 0 Å². The average Bonchev–Trinajstić information content (AvgIpc) is 3.66. The van der Waals surface area contributed by atoms with Crippen molar-refractivity contribution in [3.05, 3.63) is 24.0 Å². The zero-order valence-corrected chi connectivity index (χ0v) is 20.2. The number of methoxy groups -OCH3 is 1. The zero-order valence-electron chi connectivity index (χ0n) is 20.2. The van der Waals surface area contributed by atoms with E-state index in [0.717, 1.165) is 19.3 Å². The number of likely N-dealkylation sites (tertiary alicyclic amines) is 1. The fraction of sp³-hybridized carbons (Fsp3) is 0.560. The maximum Gasteiger partial charge on any atom is 0.271 e. The largest absolute Gasteiger partial charge is 0.496 e. The first-order valence-electron chi connectivity index (χ1n) is 12.5. The van der Waals surface area contributed by atoms with Gasteiger partial charge in [0, 0.05) is 25.2 Å². The van der Waals surface area contributed by atoms with Crippen LogP contribution in [0.25, 0.3) is 11.0 Å². The predicted octanol–water partition coefficient (Wildman–Crippen LogP) is 0.385. The number of nitrogens with zero attached hydrogens (tertiary/aromatic N) is 2. The van der Waals surface area contributed by atoms with E-state index in [0.29, 0.717) is 42.0 Å². The Hall–Kier alpha value is -3.47. The number of amides is 3. The van der Waals surface area contributed by atoms with Crippen LogP contribution in [-0.2, 0) is 14.4 Å². The molecule has 4 heterocycles. The predicted molar refractivity (Wildman–Crippen MR) is 128 cm³/mol. The van der Waals surface area contributed by atoms with Crippen LogP contribution in [0.5, 0.6) is 5.75 Å². The van der Waals surface area contributed by atoms with E-state index in [4.69, 9.17) is 4.74 Å². The first-order chi connectivity index (χ1) is 17.4. The van der Waals surface area contributed by atoms with Crippen molar-refractivity contribution in [1.29, 1.82) is 0 Å². The number of aromatic nitrogens is 2. The number of H-pyrrole nitrogens is 1. The third kappa shape index (κ3) is 4.32. The van der Waals surface area contributed by atoms with Crippen LogP contribution in [0.1, 0.15) is 42.6 Å². The molecule has 3 aliphatic rings. The van der Waals surface area contributed by atoms with Gasteiger partial charge in [-0.15, -0.1) is 0 Å². The molecule has 0 aromatic carbocycles. The highest BCUT2D eigenvalue weighted by Gasteiger charge is 2.50. The van der Waals surface area contributed by atoms with Crippen molar-refractivity contribution in [2.45, 2.75) is 44.2 Å². The number of ketones is 1. The third-order valence-corrected chi connectivity index (χ3v) is 7.91. The Balaban J connectivity index is 1.39. The van der Waals surface area contributed by atoms with E-state index in [1.165, 1.54) is 0 Å². The van der Waals surface area contributed by atoms with Crippen molar-refractivity contribution in [2.24, 2.45) is 17.8 Å². The lowest BCUT2D eigenvalue weighted by atomic mass is 9.92. The highest BCUT2D eigenvalue weighted by atomic mass is 16.5. The van der Waals surface area contributed by atoms with Crippen molar-refractivity contribution in [1.82, 2.24) is 25.5 Å². The van der Waals surface area contributed by atoms with Crippen molar-refractivity contribution in [2.75, 3.05) is 26.8 Å². The summed E-state index contributed by atoms with van der Waals surface area (Å²) in [5.74, 6) is -1.06. The third-order valence-electron chi connectivity index (χ3n) is 7.91. The normalized spacial score (nSPS) is 26.1. The molecule has 4 N–H and O–H groups in total. The topological polar surface area (TPSA) is 154 Å². The van der Waals surface area contributed by atoms with Gasteiger partial charge in [0.25, 0.3) is 5.91 Å². The van der Waals surface area contributed by atoms with Gasteiger partial charge in [0.05, 0.1) is 18.5 Å². The molecule has 0 spiro atoms. The Kier molecular flexibility index (Phi) is 6.65. The van der Waals surface area contributed by atoms with E-state index in [2.05, 4.69) is 20.6 Å². The molecule has 36 heavy (non-hydrogen) atoms. The molecule has 2 saturated heterocycles. The summed E-state index contributed by atoms with van der Waals surface area (Å²) in [5, 5.41) is 15.7. The van der Waals surface area contributed by atoms with Crippen LogP contribution in [0.2, 0.25) is 0 Å². The van der Waals surface area contributed by atoms with E-state index < -0.39 is 36.3 Å². The summed E-state index contributed by atoms with van der Waals surface area (Å²) in [6, 6.07) is 1.67. The molecule has 3 fully saturated rings. The lowest BCUT2D eigenvalue weighted by Gasteiger charge is -2.29. The number of carbonyl (C=O) groups excluding carboxylic acids is 4. The first-order valence-corrected chi connectivity index (χ1v) is 12.5. The summed E-state index contributed by atoms with van der Waals surface area (Å²) < 4.78 is 5.38. The van der Waals surface area contributed by atoms with Crippen LogP contribution in [-0.4, -0.2) is 82.4 Å². The van der Waals surface area contributed by atoms with Gasteiger partial charge in [-0.25, -0.2) is 4.98 Å². The Morgan fingerprint density at radius 2 is 2.14 bits per heavy atom. The van der Waals surface area contributed by atoms with Gasteiger partial charge in [-0.2, -0.15) is 0 Å².